The molecule has 0 bridgehead atoms. The predicted octanol–water partition coefficient (Wildman–Crippen LogP) is 7.14. The maximum absolute atomic E-state index is 13.0. The van der Waals surface area contributed by atoms with Gasteiger partial charge >= 0.3 is 5.97 Å². The lowest BCUT2D eigenvalue weighted by Gasteiger charge is -2.58. The fourth-order valence-corrected chi connectivity index (χ4v) is 8.71. The summed E-state index contributed by atoms with van der Waals surface area (Å²) in [6.07, 6.45) is 13.8. The number of ketones is 1. The van der Waals surface area contributed by atoms with Crippen LogP contribution in [0.15, 0.2) is 11.6 Å². The van der Waals surface area contributed by atoms with Crippen LogP contribution in [0.25, 0.3) is 0 Å². The van der Waals surface area contributed by atoms with Gasteiger partial charge in [-0.2, -0.15) is 0 Å². The third-order valence-electron chi connectivity index (χ3n) is 10.5. The third-order valence-corrected chi connectivity index (χ3v) is 10.5. The fourth-order valence-electron chi connectivity index (χ4n) is 8.71. The van der Waals surface area contributed by atoms with Gasteiger partial charge in [0.2, 0.25) is 0 Å². The van der Waals surface area contributed by atoms with Crippen molar-refractivity contribution >= 4 is 11.8 Å². The molecule has 0 aromatic rings. The SMILES string of the molecule is CC(=O)O[C@H]1CC[C@@]2(C)C(=CC[C@@H]3[C@H]4CC[C@H]([C@H](C)C(=O)CCC(C)C)[C@]4(C)CC[C@H]32)C1. The Kier molecular flexibility index (Phi) is 6.69. The lowest BCUT2D eigenvalue weighted by molar-refractivity contribution is -0.148. The van der Waals surface area contributed by atoms with Gasteiger partial charge in [0, 0.05) is 25.7 Å². The quantitative estimate of drug-likeness (QED) is 0.324. The van der Waals surface area contributed by atoms with Crippen molar-refractivity contribution in [1.29, 1.82) is 0 Å². The Morgan fingerprint density at radius 1 is 1.06 bits per heavy atom. The number of carbonyl (C=O) groups excluding carboxylic acids is 2. The van der Waals surface area contributed by atoms with E-state index in [0.29, 0.717) is 23.0 Å². The van der Waals surface area contributed by atoms with Crippen LogP contribution in [0.4, 0.5) is 0 Å². The van der Waals surface area contributed by atoms with E-state index in [2.05, 4.69) is 40.7 Å². The summed E-state index contributed by atoms with van der Waals surface area (Å²) >= 11 is 0. The van der Waals surface area contributed by atoms with Crippen LogP contribution in [0.5, 0.6) is 0 Å². The zero-order valence-electron chi connectivity index (χ0n) is 21.4. The van der Waals surface area contributed by atoms with Crippen LogP contribution in [0, 0.1) is 46.3 Å². The Morgan fingerprint density at radius 2 is 1.81 bits per heavy atom. The number of allylic oxidation sites excluding steroid dienone is 1. The van der Waals surface area contributed by atoms with Crippen molar-refractivity contribution in [1.82, 2.24) is 0 Å². The number of hydrogen-bond donors (Lipinski definition) is 0. The van der Waals surface area contributed by atoms with Gasteiger partial charge in [0.15, 0.2) is 0 Å². The summed E-state index contributed by atoms with van der Waals surface area (Å²) in [5.41, 5.74) is 2.16. The average Bonchev–Trinajstić information content (AvgIpc) is 3.08. The van der Waals surface area contributed by atoms with Crippen LogP contribution in [0.2, 0.25) is 0 Å². The smallest absolute Gasteiger partial charge is 0.302 e. The Hall–Kier alpha value is -1.12. The van der Waals surface area contributed by atoms with E-state index in [1.807, 2.05) is 0 Å². The van der Waals surface area contributed by atoms with E-state index in [4.69, 9.17) is 4.74 Å². The highest BCUT2D eigenvalue weighted by Crippen LogP contribution is 2.67. The molecule has 0 amide bonds. The van der Waals surface area contributed by atoms with E-state index in [1.165, 1.54) is 39.0 Å². The number of fused-ring (bicyclic) bond motifs is 5. The summed E-state index contributed by atoms with van der Waals surface area (Å²) in [6.45, 7) is 13.3. The predicted molar refractivity (Wildman–Crippen MR) is 129 cm³/mol. The van der Waals surface area contributed by atoms with Gasteiger partial charge in [-0.1, -0.05) is 46.3 Å². The monoisotopic (exact) mass is 442 g/mol. The van der Waals surface area contributed by atoms with Crippen LogP contribution >= 0.6 is 0 Å². The summed E-state index contributed by atoms with van der Waals surface area (Å²) in [4.78, 5) is 24.5. The first-order valence-corrected chi connectivity index (χ1v) is 13.5. The van der Waals surface area contributed by atoms with Gasteiger partial charge in [0.05, 0.1) is 0 Å². The first kappa shape index (κ1) is 24.0. The molecule has 8 atom stereocenters. The van der Waals surface area contributed by atoms with Crippen molar-refractivity contribution in [3.63, 3.8) is 0 Å². The molecule has 0 spiro atoms. The fraction of sp³-hybridized carbons (Fsp3) is 0.862. The molecule has 0 aliphatic heterocycles. The summed E-state index contributed by atoms with van der Waals surface area (Å²) in [5, 5.41) is 0. The molecule has 3 fully saturated rings. The highest BCUT2D eigenvalue weighted by atomic mass is 16.5. The molecule has 0 N–H and O–H groups in total. The molecule has 4 aliphatic rings. The molecule has 3 saturated carbocycles. The minimum Gasteiger partial charge on any atom is -0.462 e. The molecule has 4 rings (SSSR count). The van der Waals surface area contributed by atoms with Crippen molar-refractivity contribution in [2.24, 2.45) is 46.3 Å². The molecular weight excluding hydrogens is 396 g/mol. The van der Waals surface area contributed by atoms with Crippen molar-refractivity contribution in [2.75, 3.05) is 0 Å². The molecule has 0 saturated heterocycles. The maximum Gasteiger partial charge on any atom is 0.302 e. The summed E-state index contributed by atoms with van der Waals surface area (Å²) in [6, 6.07) is 0. The molecule has 3 nitrogen and oxygen atoms in total. The second-order valence-electron chi connectivity index (χ2n) is 12.6. The molecule has 0 heterocycles. The number of ether oxygens (including phenoxy) is 1. The largest absolute Gasteiger partial charge is 0.462 e. The second kappa shape index (κ2) is 8.91. The van der Waals surface area contributed by atoms with Crippen molar-refractivity contribution < 1.29 is 14.3 Å². The van der Waals surface area contributed by atoms with Gasteiger partial charge in [-0.05, 0) is 91.8 Å². The molecule has 4 aliphatic carbocycles. The van der Waals surface area contributed by atoms with Crippen LogP contribution < -0.4 is 0 Å². The average molecular weight is 443 g/mol. The molecule has 3 heteroatoms. The van der Waals surface area contributed by atoms with Crippen molar-refractivity contribution in [3.05, 3.63) is 11.6 Å². The van der Waals surface area contributed by atoms with Crippen molar-refractivity contribution in [2.45, 2.75) is 112 Å². The zero-order valence-corrected chi connectivity index (χ0v) is 21.4. The standard InChI is InChI=1S/C29H46O3/c1-18(2)7-12-27(31)19(3)24-10-11-25-23-9-8-21-17-22(32-20(4)30)13-15-28(21,5)26(23)14-16-29(24,25)6/h8,18-19,22-26H,7,9-17H2,1-6H3/t19-,22-,23+,24+,25+,26+,28-,29-/m0/s1. The van der Waals surface area contributed by atoms with Crippen LogP contribution in [-0.2, 0) is 14.3 Å². The lowest BCUT2D eigenvalue weighted by atomic mass is 9.47. The van der Waals surface area contributed by atoms with Crippen LogP contribution in [0.3, 0.4) is 0 Å². The van der Waals surface area contributed by atoms with Crippen LogP contribution in [-0.4, -0.2) is 17.9 Å². The van der Waals surface area contributed by atoms with E-state index < -0.39 is 0 Å². The Bertz CT molecular complexity index is 766. The van der Waals surface area contributed by atoms with E-state index in [-0.39, 0.29) is 23.4 Å². The Balaban J connectivity index is 1.49. The topological polar surface area (TPSA) is 43.4 Å². The summed E-state index contributed by atoms with van der Waals surface area (Å²) in [7, 11) is 0. The second-order valence-corrected chi connectivity index (χ2v) is 12.6. The van der Waals surface area contributed by atoms with Gasteiger partial charge in [-0.15, -0.1) is 0 Å². The minimum atomic E-state index is -0.143. The molecule has 0 radical (unpaired) electrons. The van der Waals surface area contributed by atoms with E-state index >= 15 is 0 Å². The first-order chi connectivity index (χ1) is 15.1. The number of rotatable bonds is 6. The number of Topliss-reactive ketones (excluding diaryl/α,β-unsaturated/α-hetero) is 1. The van der Waals surface area contributed by atoms with Crippen LogP contribution in [0.1, 0.15) is 106 Å². The number of esters is 1. The Morgan fingerprint density at radius 3 is 2.50 bits per heavy atom. The minimum absolute atomic E-state index is 0.0748. The maximum atomic E-state index is 13.0. The highest BCUT2D eigenvalue weighted by Gasteiger charge is 2.59. The molecule has 0 aromatic carbocycles. The molecule has 0 aromatic heterocycles. The normalized spacial score (nSPS) is 41.8. The number of hydrogen-bond acceptors (Lipinski definition) is 3. The Labute approximate surface area is 196 Å². The summed E-state index contributed by atoms with van der Waals surface area (Å²) < 4.78 is 5.59. The van der Waals surface area contributed by atoms with Gasteiger partial charge in [0.25, 0.3) is 0 Å². The first-order valence-electron chi connectivity index (χ1n) is 13.5. The molecule has 32 heavy (non-hydrogen) atoms. The van der Waals surface area contributed by atoms with Gasteiger partial charge in [-0.3, -0.25) is 9.59 Å². The lowest BCUT2D eigenvalue weighted by Crippen LogP contribution is -2.51. The highest BCUT2D eigenvalue weighted by molar-refractivity contribution is 5.81. The van der Waals surface area contributed by atoms with Gasteiger partial charge in [0.1, 0.15) is 11.9 Å². The zero-order chi connectivity index (χ0) is 23.3. The van der Waals surface area contributed by atoms with E-state index in [1.54, 1.807) is 5.57 Å². The molecular formula is C29H46O3. The third kappa shape index (κ3) is 4.11. The molecule has 0 unspecified atom stereocenters. The summed E-state index contributed by atoms with van der Waals surface area (Å²) in [5.74, 6) is 4.02. The van der Waals surface area contributed by atoms with E-state index in [0.717, 1.165) is 49.9 Å². The van der Waals surface area contributed by atoms with Crippen molar-refractivity contribution in [3.8, 4) is 0 Å². The van der Waals surface area contributed by atoms with E-state index in [9.17, 15) is 9.59 Å². The number of carbonyl (C=O) groups is 2. The molecule has 180 valence electrons. The van der Waals surface area contributed by atoms with Gasteiger partial charge in [-0.25, -0.2) is 0 Å². The van der Waals surface area contributed by atoms with Gasteiger partial charge < -0.3 is 4.74 Å².